The Balaban J connectivity index is 2.60. The molecule has 1 rings (SSSR count). The topological polar surface area (TPSA) is 66.8 Å². The van der Waals surface area contributed by atoms with Crippen LogP contribution in [0, 0.1) is 11.3 Å². The van der Waals surface area contributed by atoms with Gasteiger partial charge in [-0.05, 0) is 20.3 Å². The summed E-state index contributed by atoms with van der Waals surface area (Å²) >= 11 is 0. The van der Waals surface area contributed by atoms with Crippen molar-refractivity contribution in [2.45, 2.75) is 20.3 Å². The molecule has 0 radical (unpaired) electrons. The third-order valence-electron chi connectivity index (χ3n) is 3.04. The SMILES string of the molecule is COCC1CCN(C(=O)C(C)(C)C(=O)O)C1. The molecule has 5 heteroatoms. The second-order valence-electron chi connectivity index (χ2n) is 4.79. The number of ether oxygens (including phenoxy) is 1. The van der Waals surface area contributed by atoms with Gasteiger partial charge in [0.25, 0.3) is 0 Å². The minimum atomic E-state index is -1.33. The van der Waals surface area contributed by atoms with E-state index in [1.807, 2.05) is 0 Å². The average Bonchev–Trinajstić information content (AvgIpc) is 2.65. The van der Waals surface area contributed by atoms with Gasteiger partial charge < -0.3 is 14.7 Å². The Morgan fingerprint density at radius 2 is 2.12 bits per heavy atom. The van der Waals surface area contributed by atoms with Gasteiger partial charge in [-0.1, -0.05) is 0 Å². The molecular weight excluding hydrogens is 210 g/mol. The van der Waals surface area contributed by atoms with Gasteiger partial charge in [0, 0.05) is 26.1 Å². The molecule has 1 saturated heterocycles. The van der Waals surface area contributed by atoms with Gasteiger partial charge in [0.1, 0.15) is 5.41 Å². The standard InChI is InChI=1S/C11H19NO4/c1-11(2,10(14)15)9(13)12-5-4-8(6-12)7-16-3/h8H,4-7H2,1-3H3,(H,14,15). The summed E-state index contributed by atoms with van der Waals surface area (Å²) < 4.78 is 5.03. The number of carbonyl (C=O) groups excluding carboxylic acids is 1. The lowest BCUT2D eigenvalue weighted by Gasteiger charge is -2.25. The molecule has 0 spiro atoms. The molecule has 1 atom stereocenters. The predicted octanol–water partition coefficient (Wildman–Crippen LogP) is 0.592. The third kappa shape index (κ3) is 2.52. The molecule has 1 aliphatic rings. The lowest BCUT2D eigenvalue weighted by atomic mass is 9.92. The highest BCUT2D eigenvalue weighted by atomic mass is 16.5. The first-order chi connectivity index (χ1) is 7.39. The van der Waals surface area contributed by atoms with Crippen LogP contribution in [-0.2, 0) is 14.3 Å². The van der Waals surface area contributed by atoms with E-state index in [9.17, 15) is 9.59 Å². The number of hydrogen-bond acceptors (Lipinski definition) is 3. The highest BCUT2D eigenvalue weighted by molar-refractivity contribution is 6.01. The molecule has 0 saturated carbocycles. The molecule has 0 aromatic carbocycles. The van der Waals surface area contributed by atoms with Crippen molar-refractivity contribution >= 4 is 11.9 Å². The van der Waals surface area contributed by atoms with E-state index in [0.29, 0.717) is 25.6 Å². The van der Waals surface area contributed by atoms with Gasteiger partial charge in [-0.2, -0.15) is 0 Å². The molecule has 1 unspecified atom stereocenters. The van der Waals surface area contributed by atoms with Crippen LogP contribution < -0.4 is 0 Å². The van der Waals surface area contributed by atoms with Gasteiger partial charge >= 0.3 is 5.97 Å². The van der Waals surface area contributed by atoms with E-state index in [2.05, 4.69) is 0 Å². The fraction of sp³-hybridized carbons (Fsp3) is 0.818. The number of carbonyl (C=O) groups is 2. The van der Waals surface area contributed by atoms with Crippen molar-refractivity contribution in [1.29, 1.82) is 0 Å². The zero-order chi connectivity index (χ0) is 12.3. The fourth-order valence-corrected chi connectivity index (χ4v) is 1.88. The maximum Gasteiger partial charge on any atom is 0.318 e. The normalized spacial score (nSPS) is 21.2. The Bertz CT molecular complexity index is 288. The Hall–Kier alpha value is -1.10. The second-order valence-corrected chi connectivity index (χ2v) is 4.79. The molecule has 5 nitrogen and oxygen atoms in total. The number of carboxylic acids is 1. The van der Waals surface area contributed by atoms with Gasteiger partial charge in [0.15, 0.2) is 0 Å². The Kier molecular flexibility index (Phi) is 3.91. The number of nitrogens with zero attached hydrogens (tertiary/aromatic N) is 1. The largest absolute Gasteiger partial charge is 0.480 e. The van der Waals surface area contributed by atoms with E-state index in [1.165, 1.54) is 13.8 Å². The molecule has 1 N–H and O–H groups in total. The molecule has 92 valence electrons. The Morgan fingerprint density at radius 3 is 2.62 bits per heavy atom. The van der Waals surface area contributed by atoms with Crippen LogP contribution in [-0.4, -0.2) is 48.7 Å². The van der Waals surface area contributed by atoms with Crippen LogP contribution in [0.5, 0.6) is 0 Å². The average molecular weight is 229 g/mol. The van der Waals surface area contributed by atoms with Crippen LogP contribution in [0.15, 0.2) is 0 Å². The van der Waals surface area contributed by atoms with Crippen LogP contribution in [0.2, 0.25) is 0 Å². The fourth-order valence-electron chi connectivity index (χ4n) is 1.88. The minimum absolute atomic E-state index is 0.307. The molecule has 1 heterocycles. The molecule has 1 fully saturated rings. The van der Waals surface area contributed by atoms with E-state index >= 15 is 0 Å². The number of likely N-dealkylation sites (tertiary alicyclic amines) is 1. The van der Waals surface area contributed by atoms with Crippen molar-refractivity contribution in [1.82, 2.24) is 4.90 Å². The zero-order valence-electron chi connectivity index (χ0n) is 10.0. The molecule has 0 aromatic rings. The summed E-state index contributed by atoms with van der Waals surface area (Å²) in [6.45, 7) is 4.74. The van der Waals surface area contributed by atoms with Crippen LogP contribution in [0.1, 0.15) is 20.3 Å². The quantitative estimate of drug-likeness (QED) is 0.716. The number of carboxylic acid groups (broad SMARTS) is 1. The van der Waals surface area contributed by atoms with Crippen molar-refractivity contribution in [2.24, 2.45) is 11.3 Å². The van der Waals surface area contributed by atoms with Crippen molar-refractivity contribution < 1.29 is 19.4 Å². The van der Waals surface area contributed by atoms with Gasteiger partial charge in [-0.3, -0.25) is 9.59 Å². The minimum Gasteiger partial charge on any atom is -0.480 e. The van der Waals surface area contributed by atoms with Crippen LogP contribution in [0.4, 0.5) is 0 Å². The van der Waals surface area contributed by atoms with Crippen molar-refractivity contribution in [3.63, 3.8) is 0 Å². The second kappa shape index (κ2) is 4.82. The third-order valence-corrected chi connectivity index (χ3v) is 3.04. The number of methoxy groups -OCH3 is 1. The van der Waals surface area contributed by atoms with Crippen molar-refractivity contribution in [3.05, 3.63) is 0 Å². The highest BCUT2D eigenvalue weighted by Gasteiger charge is 2.41. The molecule has 0 aromatic heterocycles. The van der Waals surface area contributed by atoms with Crippen molar-refractivity contribution in [3.8, 4) is 0 Å². The summed E-state index contributed by atoms with van der Waals surface area (Å²) in [4.78, 5) is 24.5. The van der Waals surface area contributed by atoms with Gasteiger partial charge in [-0.25, -0.2) is 0 Å². The Morgan fingerprint density at radius 1 is 1.50 bits per heavy atom. The van der Waals surface area contributed by atoms with E-state index in [1.54, 1.807) is 12.0 Å². The maximum absolute atomic E-state index is 12.0. The maximum atomic E-state index is 12.0. The smallest absolute Gasteiger partial charge is 0.318 e. The summed E-state index contributed by atoms with van der Waals surface area (Å²) in [5.41, 5.74) is -1.33. The van der Waals surface area contributed by atoms with E-state index in [0.717, 1.165) is 6.42 Å². The van der Waals surface area contributed by atoms with E-state index in [-0.39, 0.29) is 5.91 Å². The van der Waals surface area contributed by atoms with Gasteiger partial charge in [-0.15, -0.1) is 0 Å². The molecular formula is C11H19NO4. The molecule has 16 heavy (non-hydrogen) atoms. The van der Waals surface area contributed by atoms with E-state index < -0.39 is 11.4 Å². The lowest BCUT2D eigenvalue weighted by Crippen LogP contribution is -2.44. The first-order valence-electron chi connectivity index (χ1n) is 5.41. The summed E-state index contributed by atoms with van der Waals surface area (Å²) in [6.07, 6.45) is 0.884. The molecule has 1 amide bonds. The number of rotatable bonds is 4. The molecule has 0 aliphatic carbocycles. The predicted molar refractivity (Wildman–Crippen MR) is 58.0 cm³/mol. The zero-order valence-corrected chi connectivity index (χ0v) is 10.0. The van der Waals surface area contributed by atoms with Crippen LogP contribution in [0.3, 0.4) is 0 Å². The summed E-state index contributed by atoms with van der Waals surface area (Å²) in [5, 5.41) is 8.97. The van der Waals surface area contributed by atoms with Crippen molar-refractivity contribution in [2.75, 3.05) is 26.8 Å². The van der Waals surface area contributed by atoms with Gasteiger partial charge in [0.2, 0.25) is 5.91 Å². The molecule has 1 aliphatic heterocycles. The summed E-state index contributed by atoms with van der Waals surface area (Å²) in [5.74, 6) is -1.05. The van der Waals surface area contributed by atoms with Gasteiger partial charge in [0.05, 0.1) is 6.61 Å². The number of aliphatic carboxylic acids is 1. The highest BCUT2D eigenvalue weighted by Crippen LogP contribution is 2.24. The van der Waals surface area contributed by atoms with Crippen LogP contribution >= 0.6 is 0 Å². The number of hydrogen-bond donors (Lipinski definition) is 1. The lowest BCUT2D eigenvalue weighted by molar-refractivity contribution is -0.157. The molecule has 0 bridgehead atoms. The monoisotopic (exact) mass is 229 g/mol. The first-order valence-corrected chi connectivity index (χ1v) is 5.41. The summed E-state index contributed by atoms with van der Waals surface area (Å²) in [7, 11) is 1.63. The van der Waals surface area contributed by atoms with Crippen LogP contribution in [0.25, 0.3) is 0 Å². The summed E-state index contributed by atoms with van der Waals surface area (Å²) in [6, 6.07) is 0. The first kappa shape index (κ1) is 13.0. The number of amides is 1. The Labute approximate surface area is 95.4 Å². The van der Waals surface area contributed by atoms with E-state index in [4.69, 9.17) is 9.84 Å².